The first-order chi connectivity index (χ1) is 19.8. The van der Waals surface area contributed by atoms with Crippen molar-refractivity contribution in [1.29, 1.82) is 10.5 Å². The molecule has 2 amide bonds. The summed E-state index contributed by atoms with van der Waals surface area (Å²) in [7, 11) is 1.08. The number of amides is 2. The van der Waals surface area contributed by atoms with Crippen molar-refractivity contribution in [2.75, 3.05) is 30.3 Å². The van der Waals surface area contributed by atoms with Crippen molar-refractivity contribution < 1.29 is 27.6 Å². The molecule has 2 aromatic carbocycles. The smallest absolute Gasteiger partial charge is 0.342 e. The molecule has 2 aliphatic rings. The van der Waals surface area contributed by atoms with Gasteiger partial charge in [0.05, 0.1) is 28.8 Å². The van der Waals surface area contributed by atoms with Crippen LogP contribution in [-0.4, -0.2) is 47.9 Å². The lowest BCUT2D eigenvalue weighted by atomic mass is 9.74. The highest BCUT2D eigenvalue weighted by Gasteiger charge is 2.45. The van der Waals surface area contributed by atoms with Gasteiger partial charge >= 0.3 is 6.18 Å². The Morgan fingerprint density at radius 1 is 1.02 bits per heavy atom. The molecular weight excluding hydrogens is 564 g/mol. The average molecular weight is 597 g/mol. The van der Waals surface area contributed by atoms with Crippen molar-refractivity contribution in [3.63, 3.8) is 0 Å². The van der Waals surface area contributed by atoms with Gasteiger partial charge in [0.1, 0.15) is 11.7 Å². The highest BCUT2D eigenvalue weighted by atomic mass is 31.1. The molecule has 2 atom stereocenters. The third-order valence-corrected chi connectivity index (χ3v) is 8.32. The van der Waals surface area contributed by atoms with E-state index in [1.807, 2.05) is 30.9 Å². The van der Waals surface area contributed by atoms with Gasteiger partial charge in [-0.1, -0.05) is 32.0 Å². The Kier molecular flexibility index (Phi) is 10.7. The van der Waals surface area contributed by atoms with E-state index in [4.69, 9.17) is 5.26 Å². The molecule has 0 bridgehead atoms. The summed E-state index contributed by atoms with van der Waals surface area (Å²) in [4.78, 5) is 40.2. The van der Waals surface area contributed by atoms with Crippen LogP contribution in [0.2, 0.25) is 0 Å². The van der Waals surface area contributed by atoms with Crippen LogP contribution in [0.15, 0.2) is 59.8 Å². The lowest BCUT2D eigenvalue weighted by Crippen LogP contribution is -2.46. The van der Waals surface area contributed by atoms with Gasteiger partial charge in [0, 0.05) is 36.3 Å². The maximum atomic E-state index is 13.3. The summed E-state index contributed by atoms with van der Waals surface area (Å²) in [5, 5.41) is 18.8. The van der Waals surface area contributed by atoms with E-state index in [9.17, 15) is 32.8 Å². The second-order valence-corrected chi connectivity index (χ2v) is 11.9. The molecule has 2 aliphatic heterocycles. The Balaban J connectivity index is 0.000000369. The predicted octanol–water partition coefficient (Wildman–Crippen LogP) is 5.87. The number of hydrogen-bond acceptors (Lipinski definition) is 5. The normalized spacial score (nSPS) is 19.0. The van der Waals surface area contributed by atoms with Gasteiger partial charge in [0.2, 0.25) is 11.8 Å². The minimum Gasteiger partial charge on any atom is -0.342 e. The first kappa shape index (κ1) is 32.5. The number of nitrogens with zero attached hydrogens (tertiary/aromatic N) is 4. The highest BCUT2D eigenvalue weighted by molar-refractivity contribution is 7.38. The molecule has 0 N–H and O–H groups in total. The standard InChI is InChI=1S/C23H16F3N3O2.C8H16NOP/c1-13-19(12-28)21(16-8-6-15(11-27)7-9-16)20(14(2)30)22(31)29(13)18-5-3-4-17(10-18)23(24,25)26;1-7(2)8(10)9-3-5-11-6-4-9/h3-10,20-21H,1-2H3;7,11H,3-6H2,1-2H3. The molecule has 0 radical (unpaired) electrons. The molecule has 4 rings (SSSR count). The molecule has 220 valence electrons. The number of allylic oxidation sites excluding steroid dienone is 2. The fourth-order valence-corrected chi connectivity index (χ4v) is 6.14. The van der Waals surface area contributed by atoms with Crippen molar-refractivity contribution in [3.05, 3.63) is 76.5 Å². The average Bonchev–Trinajstić information content (AvgIpc) is 2.97. The number of ketones is 1. The third kappa shape index (κ3) is 7.24. The van der Waals surface area contributed by atoms with Crippen molar-refractivity contribution in [3.8, 4) is 12.1 Å². The first-order valence-corrected chi connectivity index (χ1v) is 14.8. The number of halogens is 3. The van der Waals surface area contributed by atoms with Gasteiger partial charge in [0.15, 0.2) is 0 Å². The van der Waals surface area contributed by atoms with Gasteiger partial charge in [-0.05, 0) is 62.1 Å². The third-order valence-electron chi connectivity index (χ3n) is 7.17. The molecule has 11 heteroatoms. The number of hydrogen-bond donors (Lipinski definition) is 0. The van der Waals surface area contributed by atoms with Crippen LogP contribution >= 0.6 is 8.58 Å². The second kappa shape index (κ2) is 13.8. The Morgan fingerprint density at radius 3 is 2.14 bits per heavy atom. The number of Topliss-reactive ketones (excluding diaryl/α,β-unsaturated/α-hetero) is 1. The molecule has 7 nitrogen and oxygen atoms in total. The molecule has 0 aromatic heterocycles. The van der Waals surface area contributed by atoms with Crippen LogP contribution < -0.4 is 4.90 Å². The van der Waals surface area contributed by atoms with Gasteiger partial charge in [0.25, 0.3) is 0 Å². The monoisotopic (exact) mass is 596 g/mol. The lowest BCUT2D eigenvalue weighted by Gasteiger charge is -2.37. The molecule has 0 spiro atoms. The second-order valence-electron chi connectivity index (χ2n) is 10.4. The lowest BCUT2D eigenvalue weighted by molar-refractivity contribution is -0.138. The Bertz CT molecular complexity index is 1450. The molecule has 2 unspecified atom stereocenters. The molecule has 1 saturated heterocycles. The van der Waals surface area contributed by atoms with E-state index < -0.39 is 35.3 Å². The van der Waals surface area contributed by atoms with Crippen LogP contribution in [0.5, 0.6) is 0 Å². The maximum Gasteiger partial charge on any atom is 0.416 e. The molecule has 0 saturated carbocycles. The number of rotatable bonds is 4. The molecule has 2 aromatic rings. The summed E-state index contributed by atoms with van der Waals surface area (Å²) in [6.45, 7) is 8.60. The predicted molar refractivity (Wildman–Crippen MR) is 155 cm³/mol. The van der Waals surface area contributed by atoms with Crippen LogP contribution in [0.1, 0.15) is 50.3 Å². The van der Waals surface area contributed by atoms with Crippen LogP contribution in [0, 0.1) is 34.5 Å². The summed E-state index contributed by atoms with van der Waals surface area (Å²) >= 11 is 0. The zero-order valence-corrected chi connectivity index (χ0v) is 24.8. The zero-order chi connectivity index (χ0) is 31.2. The Morgan fingerprint density at radius 2 is 1.64 bits per heavy atom. The molecule has 0 aliphatic carbocycles. The van der Waals surface area contributed by atoms with E-state index in [2.05, 4.69) is 0 Å². The van der Waals surface area contributed by atoms with Crippen molar-refractivity contribution in [2.24, 2.45) is 11.8 Å². The van der Waals surface area contributed by atoms with Gasteiger partial charge < -0.3 is 4.90 Å². The fraction of sp³-hybridized carbons (Fsp3) is 0.387. The molecule has 42 heavy (non-hydrogen) atoms. The van der Waals surface area contributed by atoms with E-state index in [0.717, 1.165) is 38.7 Å². The number of carbonyl (C=O) groups is 3. The van der Waals surface area contributed by atoms with Crippen LogP contribution in [0.4, 0.5) is 18.9 Å². The number of alkyl halides is 3. The van der Waals surface area contributed by atoms with E-state index in [-0.39, 0.29) is 22.9 Å². The van der Waals surface area contributed by atoms with E-state index in [1.54, 1.807) is 12.1 Å². The fourth-order valence-electron chi connectivity index (χ4n) is 5.03. The maximum absolute atomic E-state index is 13.3. The largest absolute Gasteiger partial charge is 0.416 e. The SMILES string of the molecule is CC(=O)C1C(=O)N(c2cccc(C(F)(F)F)c2)C(C)=C(C#N)C1c1ccc(C#N)cc1.CC(C)C(=O)N1CCPCC1. The summed E-state index contributed by atoms with van der Waals surface area (Å²) < 4.78 is 39.5. The number of carbonyl (C=O) groups excluding carboxylic acids is 3. The molecule has 2 heterocycles. The quantitative estimate of drug-likeness (QED) is 0.324. The summed E-state index contributed by atoms with van der Waals surface area (Å²) in [5.74, 6) is -2.91. The molecular formula is C31H32F3N4O3P. The van der Waals surface area contributed by atoms with E-state index in [0.29, 0.717) is 17.0 Å². The van der Waals surface area contributed by atoms with E-state index in [1.165, 1.54) is 50.4 Å². The number of anilines is 1. The first-order valence-electron chi connectivity index (χ1n) is 13.4. The van der Waals surface area contributed by atoms with Crippen molar-refractivity contribution in [1.82, 2.24) is 4.90 Å². The molecule has 1 fully saturated rings. The zero-order valence-electron chi connectivity index (χ0n) is 23.8. The van der Waals surface area contributed by atoms with Crippen molar-refractivity contribution in [2.45, 2.75) is 39.8 Å². The summed E-state index contributed by atoms with van der Waals surface area (Å²) in [6, 6.07) is 14.3. The minimum atomic E-state index is -4.62. The van der Waals surface area contributed by atoms with Gasteiger partial charge in [-0.3, -0.25) is 19.3 Å². The van der Waals surface area contributed by atoms with Crippen LogP contribution in [0.3, 0.4) is 0 Å². The van der Waals surface area contributed by atoms with E-state index >= 15 is 0 Å². The summed E-state index contributed by atoms with van der Waals surface area (Å²) in [5.41, 5.74) is 0.0927. The number of nitriles is 2. The summed E-state index contributed by atoms with van der Waals surface area (Å²) in [6.07, 6.45) is -2.17. The number of benzene rings is 2. The van der Waals surface area contributed by atoms with Gasteiger partial charge in [-0.2, -0.15) is 23.7 Å². The Labute approximate surface area is 245 Å². The van der Waals surface area contributed by atoms with Crippen molar-refractivity contribution >= 4 is 31.9 Å². The Hall–Kier alpha value is -4.01. The van der Waals surface area contributed by atoms with Crippen LogP contribution in [0.25, 0.3) is 0 Å². The highest BCUT2D eigenvalue weighted by Crippen LogP contribution is 2.43. The van der Waals surface area contributed by atoms with Crippen LogP contribution in [-0.2, 0) is 20.6 Å². The van der Waals surface area contributed by atoms with Gasteiger partial charge in [-0.15, -0.1) is 8.58 Å². The minimum absolute atomic E-state index is 0.0744. The topological polar surface area (TPSA) is 105 Å². The van der Waals surface area contributed by atoms with Gasteiger partial charge in [-0.25, -0.2) is 0 Å².